The van der Waals surface area contributed by atoms with E-state index in [4.69, 9.17) is 0 Å². The van der Waals surface area contributed by atoms with Crippen molar-refractivity contribution >= 4 is 16.7 Å². The molecule has 1 fully saturated rings. The van der Waals surface area contributed by atoms with Crippen molar-refractivity contribution in [1.82, 2.24) is 4.98 Å². The first kappa shape index (κ1) is 17.8. The summed E-state index contributed by atoms with van der Waals surface area (Å²) in [5, 5.41) is 0.619. The maximum absolute atomic E-state index is 13.0. The van der Waals surface area contributed by atoms with E-state index in [9.17, 15) is 9.59 Å². The number of nitrogens with one attached hydrogen (secondary N) is 3. The molecule has 2 heterocycles. The lowest BCUT2D eigenvalue weighted by molar-refractivity contribution is -0.948. The highest BCUT2D eigenvalue weighted by atomic mass is 16.1. The zero-order valence-electron chi connectivity index (χ0n) is 15.7. The van der Waals surface area contributed by atoms with Gasteiger partial charge in [0.25, 0.3) is 0 Å². The lowest BCUT2D eigenvalue weighted by atomic mass is 10.0. The fraction of sp³-hybridized carbons (Fsp3) is 0.500. The summed E-state index contributed by atoms with van der Waals surface area (Å²) >= 11 is 0. The van der Waals surface area contributed by atoms with Crippen molar-refractivity contribution in [3.8, 4) is 0 Å². The molecule has 1 aromatic carbocycles. The molecule has 0 spiro atoms. The number of hydrogen-bond donors (Lipinski definition) is 3. The molecule has 134 valence electrons. The number of quaternary nitrogens is 2. The third kappa shape index (κ3) is 3.67. The molecule has 0 radical (unpaired) electrons. The smallest absolute Gasteiger partial charge is 0.198 e. The fourth-order valence-corrected chi connectivity index (χ4v) is 3.91. The number of pyridine rings is 1. The van der Waals surface area contributed by atoms with Crippen LogP contribution in [0.5, 0.6) is 0 Å². The number of piperidine rings is 1. The Morgan fingerprint density at radius 1 is 1.32 bits per heavy atom. The maximum Gasteiger partial charge on any atom is 0.198 e. The average molecular weight is 343 g/mol. The van der Waals surface area contributed by atoms with Gasteiger partial charge in [-0.05, 0) is 32.0 Å². The molecule has 5 nitrogen and oxygen atoms in total. The summed E-state index contributed by atoms with van der Waals surface area (Å²) in [5.41, 5.74) is 3.23. The van der Waals surface area contributed by atoms with Crippen molar-refractivity contribution in [2.24, 2.45) is 0 Å². The van der Waals surface area contributed by atoms with Gasteiger partial charge >= 0.3 is 0 Å². The largest absolute Gasteiger partial charge is 0.358 e. The molecule has 1 atom stereocenters. The number of fused-ring (bicyclic) bond motifs is 1. The molecule has 3 rings (SSSR count). The van der Waals surface area contributed by atoms with Gasteiger partial charge < -0.3 is 14.8 Å². The number of hydrogen-bond acceptors (Lipinski definition) is 2. The van der Waals surface area contributed by atoms with Crippen molar-refractivity contribution in [1.29, 1.82) is 0 Å². The Bertz CT molecular complexity index is 848. The summed E-state index contributed by atoms with van der Waals surface area (Å²) in [7, 11) is 4.44. The molecular formula is C20H29N3O2+2. The van der Waals surface area contributed by atoms with Gasteiger partial charge in [0.05, 0.1) is 38.8 Å². The Morgan fingerprint density at radius 2 is 2.00 bits per heavy atom. The number of likely N-dealkylation sites (tertiary alicyclic amines) is 1. The van der Waals surface area contributed by atoms with Gasteiger partial charge in [0, 0.05) is 35.0 Å². The fourth-order valence-electron chi connectivity index (χ4n) is 3.91. The molecule has 1 unspecified atom stereocenters. The van der Waals surface area contributed by atoms with Gasteiger partial charge in [-0.1, -0.05) is 0 Å². The quantitative estimate of drug-likeness (QED) is 0.670. The first-order valence-electron chi connectivity index (χ1n) is 9.17. The maximum atomic E-state index is 13.0. The summed E-state index contributed by atoms with van der Waals surface area (Å²) in [6.07, 6.45) is 2.41. The van der Waals surface area contributed by atoms with Crippen LogP contribution in [0, 0.1) is 6.92 Å². The monoisotopic (exact) mass is 343 g/mol. The molecule has 1 aliphatic rings. The van der Waals surface area contributed by atoms with Crippen LogP contribution in [0.3, 0.4) is 0 Å². The van der Waals surface area contributed by atoms with Crippen LogP contribution in [0.2, 0.25) is 0 Å². The number of carbonyl (C=O) groups is 1. The molecule has 1 saturated heterocycles. The highest BCUT2D eigenvalue weighted by Gasteiger charge is 2.27. The average Bonchev–Trinajstić information content (AvgIpc) is 2.58. The van der Waals surface area contributed by atoms with E-state index < -0.39 is 0 Å². The van der Waals surface area contributed by atoms with Crippen molar-refractivity contribution < 1.29 is 14.6 Å². The van der Waals surface area contributed by atoms with Gasteiger partial charge in [0.15, 0.2) is 11.2 Å². The number of carbonyl (C=O) groups excluding carboxylic acids is 1. The van der Waals surface area contributed by atoms with Gasteiger partial charge in [0.2, 0.25) is 0 Å². The van der Waals surface area contributed by atoms with Gasteiger partial charge in [-0.25, -0.2) is 0 Å². The third-order valence-corrected chi connectivity index (χ3v) is 5.71. The number of aromatic amines is 1. The highest BCUT2D eigenvalue weighted by Crippen LogP contribution is 2.14. The van der Waals surface area contributed by atoms with Crippen LogP contribution in [0.25, 0.3) is 10.9 Å². The van der Waals surface area contributed by atoms with Crippen molar-refractivity contribution in [2.45, 2.75) is 39.3 Å². The molecule has 0 aliphatic carbocycles. The lowest BCUT2D eigenvalue weighted by Crippen LogP contribution is -3.17. The zero-order chi connectivity index (χ0) is 18.1. The van der Waals surface area contributed by atoms with Crippen LogP contribution < -0.4 is 15.2 Å². The summed E-state index contributed by atoms with van der Waals surface area (Å²) in [6, 6.07) is 5.95. The standard InChI is InChI=1S/C20H27N3O2/c1-13-18(12-23(4)16-7-9-22(3)10-8-16)20(25)17-11-15(14(2)24)5-6-19(17)21-13/h5-6,11,16H,7-10,12H2,1-4H3,(H,21,25)/p+2. The van der Waals surface area contributed by atoms with Crippen LogP contribution in [-0.4, -0.2) is 44.0 Å². The van der Waals surface area contributed by atoms with Crippen molar-refractivity contribution in [3.05, 3.63) is 45.2 Å². The minimum Gasteiger partial charge on any atom is -0.358 e. The highest BCUT2D eigenvalue weighted by molar-refractivity contribution is 5.97. The molecule has 0 saturated carbocycles. The summed E-state index contributed by atoms with van der Waals surface area (Å²) in [5.74, 6) is -0.0139. The molecule has 2 aromatic rings. The minimum absolute atomic E-state index is 0.0139. The first-order valence-corrected chi connectivity index (χ1v) is 9.17. The van der Waals surface area contributed by atoms with Crippen molar-refractivity contribution in [2.75, 3.05) is 27.2 Å². The molecule has 1 aliphatic heterocycles. The third-order valence-electron chi connectivity index (χ3n) is 5.71. The van der Waals surface area contributed by atoms with E-state index >= 15 is 0 Å². The molecule has 25 heavy (non-hydrogen) atoms. The number of aryl methyl sites for hydroxylation is 1. The summed E-state index contributed by atoms with van der Waals surface area (Å²) < 4.78 is 0. The SMILES string of the molecule is CC(=O)c1ccc2[nH]c(C)c(C[NH+](C)C3CC[NH+](C)CC3)c(=O)c2c1. The van der Waals surface area contributed by atoms with Crippen LogP contribution in [0.4, 0.5) is 0 Å². The Kier molecular flexibility index (Phi) is 5.06. The van der Waals surface area contributed by atoms with E-state index in [-0.39, 0.29) is 11.2 Å². The Labute approximate surface area is 148 Å². The van der Waals surface area contributed by atoms with E-state index in [0.29, 0.717) is 17.0 Å². The van der Waals surface area contributed by atoms with E-state index in [2.05, 4.69) is 19.1 Å². The minimum atomic E-state index is -0.0139. The Balaban J connectivity index is 1.92. The molecule has 0 bridgehead atoms. The number of aromatic nitrogens is 1. The molecule has 1 aromatic heterocycles. The second kappa shape index (κ2) is 7.10. The van der Waals surface area contributed by atoms with Crippen LogP contribution in [0.1, 0.15) is 41.4 Å². The first-order chi connectivity index (χ1) is 11.9. The van der Waals surface area contributed by atoms with Gasteiger partial charge in [-0.2, -0.15) is 0 Å². The second-order valence-electron chi connectivity index (χ2n) is 7.63. The number of rotatable bonds is 4. The number of ketones is 1. The van der Waals surface area contributed by atoms with Gasteiger partial charge in [-0.3, -0.25) is 9.59 Å². The number of benzene rings is 1. The second-order valence-corrected chi connectivity index (χ2v) is 7.63. The van der Waals surface area contributed by atoms with Crippen LogP contribution >= 0.6 is 0 Å². The molecular weight excluding hydrogens is 314 g/mol. The Morgan fingerprint density at radius 3 is 2.64 bits per heavy atom. The predicted octanol–water partition coefficient (Wildman–Crippen LogP) is -0.269. The molecule has 5 heteroatoms. The number of H-pyrrole nitrogens is 1. The Hall–Kier alpha value is -1.98. The molecule has 0 amide bonds. The topological polar surface area (TPSA) is 58.8 Å². The van der Waals surface area contributed by atoms with Gasteiger partial charge in [-0.15, -0.1) is 0 Å². The normalized spacial score (nSPS) is 22.1. The van der Waals surface area contributed by atoms with E-state index in [1.807, 2.05) is 13.0 Å². The van der Waals surface area contributed by atoms with E-state index in [0.717, 1.165) is 23.3 Å². The predicted molar refractivity (Wildman–Crippen MR) is 99.5 cm³/mol. The molecule has 3 N–H and O–H groups in total. The zero-order valence-corrected chi connectivity index (χ0v) is 15.7. The van der Waals surface area contributed by atoms with Crippen molar-refractivity contribution in [3.63, 3.8) is 0 Å². The van der Waals surface area contributed by atoms with Crippen LogP contribution in [-0.2, 0) is 6.54 Å². The van der Waals surface area contributed by atoms with E-state index in [1.165, 1.54) is 37.8 Å². The van der Waals surface area contributed by atoms with Crippen LogP contribution in [0.15, 0.2) is 23.0 Å². The van der Waals surface area contributed by atoms with Gasteiger partial charge in [0.1, 0.15) is 6.54 Å². The number of Topliss-reactive ketones (excluding diaryl/α,β-unsaturated/α-hetero) is 1. The summed E-state index contributed by atoms with van der Waals surface area (Å²) in [6.45, 7) is 6.64. The summed E-state index contributed by atoms with van der Waals surface area (Å²) in [4.78, 5) is 31.0. The van der Waals surface area contributed by atoms with E-state index in [1.54, 1.807) is 17.0 Å². The lowest BCUT2D eigenvalue weighted by Gasteiger charge is -2.30.